The Balaban J connectivity index is 2.04. The van der Waals surface area contributed by atoms with Crippen LogP contribution in [0.1, 0.15) is 5.56 Å². The van der Waals surface area contributed by atoms with Gasteiger partial charge in [-0.2, -0.15) is 0 Å². The lowest BCUT2D eigenvalue weighted by Gasteiger charge is -2.10. The van der Waals surface area contributed by atoms with E-state index >= 15 is 0 Å². The zero-order valence-electron chi connectivity index (χ0n) is 10.9. The number of halogens is 2. The molecule has 0 amide bonds. The molecule has 0 aliphatic carbocycles. The summed E-state index contributed by atoms with van der Waals surface area (Å²) in [6.45, 7) is -0.107. The van der Waals surface area contributed by atoms with Crippen LogP contribution in [0.15, 0.2) is 53.0 Å². The van der Waals surface area contributed by atoms with Gasteiger partial charge in [0, 0.05) is 11.5 Å². The quantitative estimate of drug-likeness (QED) is 0.762. The Morgan fingerprint density at radius 3 is 2.71 bits per heavy atom. The molecular weight excluding hydrogens is 337 g/mol. The molecule has 0 saturated heterocycles. The summed E-state index contributed by atoms with van der Waals surface area (Å²) in [5, 5.41) is 10.4. The first-order chi connectivity index (χ1) is 10.2. The van der Waals surface area contributed by atoms with Crippen LogP contribution in [0, 0.1) is 5.82 Å². The van der Waals surface area contributed by atoms with E-state index < -0.39 is 0 Å². The molecule has 0 radical (unpaired) electrons. The van der Waals surface area contributed by atoms with Gasteiger partial charge in [0.15, 0.2) is 0 Å². The van der Waals surface area contributed by atoms with E-state index in [1.54, 1.807) is 6.07 Å². The number of aliphatic hydroxyl groups is 1. The molecule has 0 aliphatic rings. The van der Waals surface area contributed by atoms with Gasteiger partial charge in [-0.05, 0) is 45.8 Å². The van der Waals surface area contributed by atoms with Crippen LogP contribution < -0.4 is 4.74 Å². The summed E-state index contributed by atoms with van der Waals surface area (Å²) in [7, 11) is 0. The van der Waals surface area contributed by atoms with Crippen molar-refractivity contribution in [2.75, 3.05) is 0 Å². The molecule has 2 aromatic carbocycles. The van der Waals surface area contributed by atoms with Crippen molar-refractivity contribution in [1.82, 2.24) is 4.98 Å². The molecule has 0 fully saturated rings. The second-order valence-electron chi connectivity index (χ2n) is 4.47. The maximum absolute atomic E-state index is 13.1. The minimum absolute atomic E-state index is 0.107. The fourth-order valence-electron chi connectivity index (χ4n) is 2.07. The van der Waals surface area contributed by atoms with Gasteiger partial charge in [-0.3, -0.25) is 0 Å². The van der Waals surface area contributed by atoms with Gasteiger partial charge < -0.3 is 9.84 Å². The molecule has 1 heterocycles. The van der Waals surface area contributed by atoms with Crippen LogP contribution in [-0.4, -0.2) is 10.1 Å². The van der Waals surface area contributed by atoms with Crippen LogP contribution in [0.3, 0.4) is 0 Å². The van der Waals surface area contributed by atoms with Gasteiger partial charge in [-0.15, -0.1) is 0 Å². The molecule has 0 bridgehead atoms. The summed E-state index contributed by atoms with van der Waals surface area (Å²) < 4.78 is 19.3. The Kier molecular flexibility index (Phi) is 3.86. The highest BCUT2D eigenvalue weighted by molar-refractivity contribution is 9.10. The summed E-state index contributed by atoms with van der Waals surface area (Å²) in [6.07, 6.45) is 0. The van der Waals surface area contributed by atoms with Gasteiger partial charge in [0.25, 0.3) is 0 Å². The van der Waals surface area contributed by atoms with E-state index in [4.69, 9.17) is 4.74 Å². The molecule has 3 nitrogen and oxygen atoms in total. The third kappa shape index (κ3) is 2.89. The first kappa shape index (κ1) is 14.0. The van der Waals surface area contributed by atoms with Crippen molar-refractivity contribution in [1.29, 1.82) is 0 Å². The molecule has 1 N–H and O–H groups in total. The normalized spacial score (nSPS) is 10.8. The smallest absolute Gasteiger partial charge is 0.220 e. The molecule has 0 aliphatic heterocycles. The van der Waals surface area contributed by atoms with Crippen molar-refractivity contribution < 1.29 is 14.2 Å². The Bertz CT molecular complexity index is 807. The Labute approximate surface area is 129 Å². The lowest BCUT2D eigenvalue weighted by molar-refractivity contribution is 0.282. The monoisotopic (exact) mass is 347 g/mol. The van der Waals surface area contributed by atoms with Crippen molar-refractivity contribution in [3.63, 3.8) is 0 Å². The highest BCUT2D eigenvalue weighted by Gasteiger charge is 2.09. The van der Waals surface area contributed by atoms with Gasteiger partial charge in [-0.25, -0.2) is 9.37 Å². The molecule has 5 heteroatoms. The predicted octanol–water partition coefficient (Wildman–Crippen LogP) is 4.42. The summed E-state index contributed by atoms with van der Waals surface area (Å²) in [5.41, 5.74) is 1.46. The number of hydrogen-bond donors (Lipinski definition) is 1. The van der Waals surface area contributed by atoms with Crippen LogP contribution in [-0.2, 0) is 6.61 Å². The summed E-state index contributed by atoms with van der Waals surface area (Å²) in [5.74, 6) is 0.463. The van der Waals surface area contributed by atoms with Crippen LogP contribution in [0.25, 0.3) is 10.9 Å². The molecular formula is C16H11BrFNO2. The number of ether oxygens (including phenoxy) is 1. The highest BCUT2D eigenvalue weighted by Crippen LogP contribution is 2.31. The molecule has 0 atom stereocenters. The molecule has 3 aromatic rings. The summed E-state index contributed by atoms with van der Waals surface area (Å²) >= 11 is 3.25. The van der Waals surface area contributed by atoms with Gasteiger partial charge >= 0.3 is 0 Å². The number of aromatic nitrogens is 1. The highest BCUT2D eigenvalue weighted by atomic mass is 79.9. The van der Waals surface area contributed by atoms with Crippen LogP contribution >= 0.6 is 15.9 Å². The number of aliphatic hydroxyl groups excluding tert-OH is 1. The fraction of sp³-hybridized carbons (Fsp3) is 0.0625. The van der Waals surface area contributed by atoms with E-state index in [-0.39, 0.29) is 12.4 Å². The van der Waals surface area contributed by atoms with Crippen molar-refractivity contribution in [3.05, 3.63) is 64.4 Å². The number of fused-ring (bicyclic) bond motifs is 1. The number of para-hydroxylation sites is 1. The number of pyridine rings is 1. The zero-order valence-corrected chi connectivity index (χ0v) is 12.5. The maximum Gasteiger partial charge on any atom is 0.220 e. The molecule has 0 spiro atoms. The first-order valence-corrected chi connectivity index (χ1v) is 7.09. The summed E-state index contributed by atoms with van der Waals surface area (Å²) in [6, 6.07) is 13.3. The van der Waals surface area contributed by atoms with Crippen molar-refractivity contribution in [2.45, 2.75) is 6.61 Å². The van der Waals surface area contributed by atoms with E-state index in [2.05, 4.69) is 20.9 Å². The standard InChI is InChI=1S/C16H11BrFNO2/c17-13-8-11(18)5-6-15(13)21-16-7-10(9-20)12-3-1-2-4-14(12)19-16/h1-8,20H,9H2. The van der Waals surface area contributed by atoms with Crippen LogP contribution in [0.5, 0.6) is 11.6 Å². The number of benzene rings is 2. The Hall–Kier alpha value is -1.98. The number of hydrogen-bond acceptors (Lipinski definition) is 3. The molecule has 106 valence electrons. The Morgan fingerprint density at radius 1 is 1.14 bits per heavy atom. The lowest BCUT2D eigenvalue weighted by Crippen LogP contribution is -1.94. The average Bonchev–Trinajstić information content (AvgIpc) is 2.49. The first-order valence-electron chi connectivity index (χ1n) is 6.30. The molecule has 21 heavy (non-hydrogen) atoms. The maximum atomic E-state index is 13.1. The van der Waals surface area contributed by atoms with E-state index in [1.165, 1.54) is 18.2 Å². The molecule has 3 rings (SSSR count). The SMILES string of the molecule is OCc1cc(Oc2ccc(F)cc2Br)nc2ccccc12. The number of nitrogens with zero attached hydrogens (tertiary/aromatic N) is 1. The van der Waals surface area contributed by atoms with Gasteiger partial charge in [0.05, 0.1) is 16.6 Å². The predicted molar refractivity (Wildman–Crippen MR) is 81.8 cm³/mol. The van der Waals surface area contributed by atoms with E-state index in [1.807, 2.05) is 24.3 Å². The van der Waals surface area contributed by atoms with Crippen LogP contribution in [0.2, 0.25) is 0 Å². The minimum Gasteiger partial charge on any atom is -0.438 e. The van der Waals surface area contributed by atoms with Gasteiger partial charge in [0.1, 0.15) is 11.6 Å². The fourth-order valence-corrected chi connectivity index (χ4v) is 2.51. The zero-order chi connectivity index (χ0) is 14.8. The largest absolute Gasteiger partial charge is 0.438 e. The van der Waals surface area contributed by atoms with E-state index in [0.29, 0.717) is 16.1 Å². The second-order valence-corrected chi connectivity index (χ2v) is 5.33. The third-order valence-corrected chi connectivity index (χ3v) is 3.68. The Morgan fingerprint density at radius 2 is 1.95 bits per heavy atom. The topological polar surface area (TPSA) is 42.4 Å². The molecule has 1 aromatic heterocycles. The lowest BCUT2D eigenvalue weighted by atomic mass is 10.1. The van der Waals surface area contributed by atoms with Crippen molar-refractivity contribution in [2.24, 2.45) is 0 Å². The van der Waals surface area contributed by atoms with Crippen molar-refractivity contribution >= 4 is 26.8 Å². The van der Waals surface area contributed by atoms with Crippen molar-refractivity contribution in [3.8, 4) is 11.6 Å². The minimum atomic E-state index is -0.350. The second kappa shape index (κ2) is 5.79. The van der Waals surface area contributed by atoms with Crippen LogP contribution in [0.4, 0.5) is 4.39 Å². The number of rotatable bonds is 3. The average molecular weight is 348 g/mol. The molecule has 0 unspecified atom stereocenters. The molecule has 0 saturated carbocycles. The van der Waals surface area contributed by atoms with Gasteiger partial charge in [0.2, 0.25) is 5.88 Å². The summed E-state index contributed by atoms with van der Waals surface area (Å²) in [4.78, 5) is 4.39. The van der Waals surface area contributed by atoms with E-state index in [0.717, 1.165) is 16.5 Å². The van der Waals surface area contributed by atoms with Gasteiger partial charge in [-0.1, -0.05) is 18.2 Å². The third-order valence-electron chi connectivity index (χ3n) is 3.06. The van der Waals surface area contributed by atoms with E-state index in [9.17, 15) is 9.50 Å².